The van der Waals surface area contributed by atoms with E-state index >= 15 is 0 Å². The Bertz CT molecular complexity index is 321. The third kappa shape index (κ3) is 3.66. The molecule has 0 radical (unpaired) electrons. The van der Waals surface area contributed by atoms with Crippen molar-refractivity contribution >= 4 is 37.5 Å². The van der Waals surface area contributed by atoms with Crippen LogP contribution in [0.3, 0.4) is 0 Å². The molecule has 0 amide bonds. The summed E-state index contributed by atoms with van der Waals surface area (Å²) in [5, 5.41) is 8.87. The Morgan fingerprint density at radius 2 is 1.93 bits per heavy atom. The van der Waals surface area contributed by atoms with Gasteiger partial charge < -0.3 is 15.6 Å². The summed E-state index contributed by atoms with van der Waals surface area (Å²) in [4.78, 5) is 0. The molecule has 0 heterocycles. The van der Waals surface area contributed by atoms with Crippen molar-refractivity contribution in [3.8, 4) is 5.75 Å². The van der Waals surface area contributed by atoms with Crippen LogP contribution in [0, 0.1) is 5.92 Å². The Morgan fingerprint density at radius 1 is 1.40 bits per heavy atom. The van der Waals surface area contributed by atoms with Crippen LogP contribution in [0.1, 0.15) is 6.92 Å². The van der Waals surface area contributed by atoms with Crippen molar-refractivity contribution < 1.29 is 9.84 Å². The van der Waals surface area contributed by atoms with Crippen molar-refractivity contribution in [3.63, 3.8) is 0 Å². The number of hydrogen-bond donors (Lipinski definition) is 2. The van der Waals surface area contributed by atoms with Crippen LogP contribution in [0.2, 0.25) is 0 Å². The number of halogens is 2. The zero-order valence-corrected chi connectivity index (χ0v) is 11.5. The van der Waals surface area contributed by atoms with E-state index in [0.29, 0.717) is 18.0 Å². The van der Waals surface area contributed by atoms with Gasteiger partial charge >= 0.3 is 0 Å². The molecule has 1 atom stereocenters. The van der Waals surface area contributed by atoms with Gasteiger partial charge in [-0.1, -0.05) is 6.92 Å². The third-order valence-electron chi connectivity index (χ3n) is 1.84. The number of ether oxygens (including phenoxy) is 1. The van der Waals surface area contributed by atoms with Gasteiger partial charge in [0.25, 0.3) is 0 Å². The second kappa shape index (κ2) is 5.72. The van der Waals surface area contributed by atoms with Crippen LogP contribution in [-0.2, 0) is 0 Å². The molecule has 0 spiro atoms. The molecule has 0 aliphatic carbocycles. The molecule has 5 heteroatoms. The van der Waals surface area contributed by atoms with Gasteiger partial charge in [-0.3, -0.25) is 0 Å². The maximum atomic E-state index is 8.87. The van der Waals surface area contributed by atoms with Crippen molar-refractivity contribution in [2.45, 2.75) is 6.92 Å². The number of aliphatic hydroxyl groups excluding tert-OH is 1. The van der Waals surface area contributed by atoms with Crippen molar-refractivity contribution in [2.75, 3.05) is 18.9 Å². The molecular formula is C10H13Br2NO2. The molecule has 0 saturated carbocycles. The second-order valence-corrected chi connectivity index (χ2v) is 5.12. The van der Waals surface area contributed by atoms with Gasteiger partial charge in [-0.15, -0.1) is 0 Å². The molecule has 84 valence electrons. The van der Waals surface area contributed by atoms with E-state index in [-0.39, 0.29) is 12.5 Å². The normalized spacial score (nSPS) is 12.5. The van der Waals surface area contributed by atoms with E-state index in [4.69, 9.17) is 15.6 Å². The van der Waals surface area contributed by atoms with Crippen LogP contribution in [0.15, 0.2) is 21.1 Å². The lowest BCUT2D eigenvalue weighted by molar-refractivity contribution is 0.173. The molecule has 15 heavy (non-hydrogen) atoms. The minimum absolute atomic E-state index is 0.112. The van der Waals surface area contributed by atoms with Gasteiger partial charge in [0.1, 0.15) is 5.75 Å². The highest BCUT2D eigenvalue weighted by molar-refractivity contribution is 9.11. The Morgan fingerprint density at radius 3 is 2.40 bits per heavy atom. The van der Waals surface area contributed by atoms with Gasteiger partial charge in [0, 0.05) is 18.2 Å². The van der Waals surface area contributed by atoms with Crippen LogP contribution < -0.4 is 10.5 Å². The fraction of sp³-hybridized carbons (Fsp3) is 0.400. The SMILES string of the molecule is CC(CO)COc1c(Br)cc(N)cc1Br. The van der Waals surface area contributed by atoms with E-state index < -0.39 is 0 Å². The first kappa shape index (κ1) is 12.8. The minimum Gasteiger partial charge on any atom is -0.491 e. The fourth-order valence-corrected chi connectivity index (χ4v) is 2.45. The van der Waals surface area contributed by atoms with Gasteiger partial charge in [0.2, 0.25) is 0 Å². The molecule has 1 aromatic carbocycles. The van der Waals surface area contributed by atoms with Crippen LogP contribution in [0.4, 0.5) is 5.69 Å². The van der Waals surface area contributed by atoms with Gasteiger partial charge in [0.05, 0.1) is 15.6 Å². The zero-order valence-electron chi connectivity index (χ0n) is 8.34. The summed E-state index contributed by atoms with van der Waals surface area (Å²) < 4.78 is 7.18. The molecule has 0 aliphatic rings. The summed E-state index contributed by atoms with van der Waals surface area (Å²) in [5.74, 6) is 0.825. The first-order chi connectivity index (χ1) is 7.04. The number of nitrogens with two attached hydrogens (primary N) is 1. The fourth-order valence-electron chi connectivity index (χ4n) is 0.996. The highest BCUT2D eigenvalue weighted by Crippen LogP contribution is 2.35. The van der Waals surface area contributed by atoms with Crippen molar-refractivity contribution in [3.05, 3.63) is 21.1 Å². The number of anilines is 1. The Balaban J connectivity index is 2.77. The summed E-state index contributed by atoms with van der Waals surface area (Å²) in [6.07, 6.45) is 0. The first-order valence-electron chi connectivity index (χ1n) is 4.52. The number of nitrogen functional groups attached to an aromatic ring is 1. The maximum Gasteiger partial charge on any atom is 0.147 e. The average Bonchev–Trinajstić information content (AvgIpc) is 2.15. The van der Waals surface area contributed by atoms with E-state index in [0.717, 1.165) is 8.95 Å². The molecule has 0 aliphatic heterocycles. The highest BCUT2D eigenvalue weighted by Gasteiger charge is 2.09. The molecule has 0 aromatic heterocycles. The molecule has 1 aromatic rings. The molecular weight excluding hydrogens is 326 g/mol. The predicted molar refractivity (Wildman–Crippen MR) is 68.0 cm³/mol. The maximum absolute atomic E-state index is 8.87. The van der Waals surface area contributed by atoms with Crippen LogP contribution in [0.5, 0.6) is 5.75 Å². The van der Waals surface area contributed by atoms with E-state index in [2.05, 4.69) is 31.9 Å². The number of benzene rings is 1. The Hall–Kier alpha value is -0.260. The van der Waals surface area contributed by atoms with E-state index in [1.54, 1.807) is 12.1 Å². The third-order valence-corrected chi connectivity index (χ3v) is 3.02. The summed E-state index contributed by atoms with van der Waals surface area (Å²) in [5.41, 5.74) is 6.32. The number of aliphatic hydroxyl groups is 1. The highest BCUT2D eigenvalue weighted by atomic mass is 79.9. The number of hydrogen-bond acceptors (Lipinski definition) is 3. The molecule has 3 nitrogen and oxygen atoms in total. The summed E-state index contributed by atoms with van der Waals surface area (Å²) >= 11 is 6.74. The molecule has 0 fully saturated rings. The smallest absolute Gasteiger partial charge is 0.147 e. The quantitative estimate of drug-likeness (QED) is 0.830. The molecule has 1 unspecified atom stereocenters. The molecule has 3 N–H and O–H groups in total. The summed E-state index contributed by atoms with van der Waals surface area (Å²) in [6.45, 7) is 2.50. The van der Waals surface area contributed by atoms with Gasteiger partial charge in [-0.25, -0.2) is 0 Å². The topological polar surface area (TPSA) is 55.5 Å². The molecule has 1 rings (SSSR count). The first-order valence-corrected chi connectivity index (χ1v) is 6.11. The number of rotatable bonds is 4. The minimum atomic E-state index is 0.112. The lowest BCUT2D eigenvalue weighted by Gasteiger charge is -2.13. The van der Waals surface area contributed by atoms with E-state index in [1.165, 1.54) is 0 Å². The van der Waals surface area contributed by atoms with Crippen molar-refractivity contribution in [1.29, 1.82) is 0 Å². The Kier molecular flexibility index (Phi) is 4.89. The summed E-state index contributed by atoms with van der Waals surface area (Å²) in [7, 11) is 0. The Labute approximate surface area is 106 Å². The van der Waals surface area contributed by atoms with Crippen LogP contribution >= 0.6 is 31.9 Å². The van der Waals surface area contributed by atoms with Crippen molar-refractivity contribution in [2.24, 2.45) is 5.92 Å². The van der Waals surface area contributed by atoms with E-state index in [1.807, 2.05) is 6.92 Å². The largest absolute Gasteiger partial charge is 0.491 e. The second-order valence-electron chi connectivity index (χ2n) is 3.41. The summed E-state index contributed by atoms with van der Waals surface area (Å²) in [6, 6.07) is 3.56. The van der Waals surface area contributed by atoms with Crippen molar-refractivity contribution in [1.82, 2.24) is 0 Å². The lowest BCUT2D eigenvalue weighted by atomic mass is 10.2. The predicted octanol–water partition coefficient (Wildman–Crippen LogP) is 2.80. The average molecular weight is 339 g/mol. The standard InChI is InChI=1S/C10H13Br2NO2/c1-6(4-14)5-15-10-8(11)2-7(13)3-9(10)12/h2-3,6,14H,4-5,13H2,1H3. The monoisotopic (exact) mass is 337 g/mol. The zero-order chi connectivity index (χ0) is 11.4. The van der Waals surface area contributed by atoms with E-state index in [9.17, 15) is 0 Å². The van der Waals surface area contributed by atoms with Gasteiger partial charge in [0.15, 0.2) is 0 Å². The van der Waals surface area contributed by atoms with Crippen LogP contribution in [-0.4, -0.2) is 18.3 Å². The molecule has 0 bridgehead atoms. The molecule has 0 saturated heterocycles. The van der Waals surface area contributed by atoms with Gasteiger partial charge in [-0.2, -0.15) is 0 Å². The van der Waals surface area contributed by atoms with Crippen LogP contribution in [0.25, 0.3) is 0 Å². The van der Waals surface area contributed by atoms with Gasteiger partial charge in [-0.05, 0) is 44.0 Å². The lowest BCUT2D eigenvalue weighted by Crippen LogP contribution is -2.12.